The predicted octanol–water partition coefficient (Wildman–Crippen LogP) is 12.6. The van der Waals surface area contributed by atoms with Crippen molar-refractivity contribution < 1.29 is 38.1 Å². The number of esters is 4. The minimum absolute atomic E-state index is 0.160. The average Bonchev–Trinajstić information content (AvgIpc) is 3.35. The van der Waals surface area contributed by atoms with Crippen molar-refractivity contribution in [3.8, 4) is 0 Å². The third-order valence-corrected chi connectivity index (χ3v) is 13.6. The summed E-state index contributed by atoms with van der Waals surface area (Å²) < 4.78 is 21.8. The highest BCUT2D eigenvalue weighted by Gasteiger charge is 2.16. The molecule has 69 heavy (non-hydrogen) atoms. The zero-order valence-electron chi connectivity index (χ0n) is 46.3. The molecule has 0 rings (SSSR count). The number of hydrogen-bond acceptors (Lipinski definition) is 12. The minimum Gasteiger partial charge on any atom is -0.469 e. The number of carbonyl (C=O) groups excluding carboxylic acids is 4. The summed E-state index contributed by atoms with van der Waals surface area (Å²) in [5, 5.41) is 0. The van der Waals surface area contributed by atoms with E-state index in [2.05, 4.69) is 54.2 Å². The molecule has 0 aliphatic carbocycles. The summed E-state index contributed by atoms with van der Waals surface area (Å²) in [6, 6.07) is 0. The number of hydrogen-bond donors (Lipinski definition) is 0. The first-order valence-electron chi connectivity index (χ1n) is 29.2. The standard InChI is InChI=1S/C57H112N4O8/c1-7-12-15-18-21-24-27-30-33-51-67-55(63)38-44-60(43-37-54(62)66-6)49-47-58(10-4)41-36-42-59(11-5)48-50-61(45-39-56(64)68-52-34-31-28-25-22-19-16-13-8-2)46-40-57(65)69-53-35-32-29-26-23-20-17-14-9-3/h7-53H2,1-6H3. The number of ether oxygens (including phenoxy) is 4. The number of unbranched alkanes of at least 4 members (excludes halogenated alkanes) is 24. The Kier molecular flexibility index (Phi) is 50.3. The Bertz CT molecular complexity index is 1120. The second-order valence-electron chi connectivity index (χ2n) is 19.6. The molecule has 0 unspecified atom stereocenters. The van der Waals surface area contributed by atoms with Gasteiger partial charge in [-0.15, -0.1) is 0 Å². The maximum absolute atomic E-state index is 12.8. The molecule has 408 valence electrons. The van der Waals surface area contributed by atoms with Crippen LogP contribution in [0.4, 0.5) is 0 Å². The van der Waals surface area contributed by atoms with Crippen LogP contribution in [0.2, 0.25) is 0 Å². The summed E-state index contributed by atoms with van der Waals surface area (Å²) in [7, 11) is 1.42. The van der Waals surface area contributed by atoms with Gasteiger partial charge in [-0.3, -0.25) is 19.2 Å². The lowest BCUT2D eigenvalue weighted by Crippen LogP contribution is -2.40. The first-order valence-corrected chi connectivity index (χ1v) is 29.2. The Morgan fingerprint density at radius 1 is 0.275 bits per heavy atom. The maximum atomic E-state index is 12.8. The molecule has 0 spiro atoms. The molecular weight excluding hydrogens is 869 g/mol. The van der Waals surface area contributed by atoms with Crippen molar-refractivity contribution in [2.45, 2.75) is 240 Å². The smallest absolute Gasteiger partial charge is 0.307 e. The van der Waals surface area contributed by atoms with Crippen molar-refractivity contribution in [1.82, 2.24) is 19.6 Å². The first kappa shape index (κ1) is 66.7. The van der Waals surface area contributed by atoms with E-state index in [1.165, 1.54) is 142 Å². The lowest BCUT2D eigenvalue weighted by molar-refractivity contribution is -0.145. The van der Waals surface area contributed by atoms with Gasteiger partial charge in [-0.1, -0.05) is 189 Å². The summed E-state index contributed by atoms with van der Waals surface area (Å²) >= 11 is 0. The fourth-order valence-corrected chi connectivity index (χ4v) is 8.72. The molecule has 0 saturated carbocycles. The third kappa shape index (κ3) is 46.5. The maximum Gasteiger partial charge on any atom is 0.307 e. The van der Waals surface area contributed by atoms with Crippen molar-refractivity contribution in [2.24, 2.45) is 0 Å². The monoisotopic (exact) mass is 981 g/mol. The summed E-state index contributed by atoms with van der Waals surface area (Å²) in [6.07, 6.45) is 35.4. The number of carbonyl (C=O) groups is 4. The Labute approximate surface area is 425 Å². The highest BCUT2D eigenvalue weighted by atomic mass is 16.5. The van der Waals surface area contributed by atoms with Crippen LogP contribution in [0, 0.1) is 0 Å². The summed E-state index contributed by atoms with van der Waals surface area (Å²) in [4.78, 5) is 59.6. The van der Waals surface area contributed by atoms with Gasteiger partial charge in [-0.05, 0) is 51.9 Å². The predicted molar refractivity (Wildman–Crippen MR) is 287 cm³/mol. The molecule has 0 radical (unpaired) electrons. The van der Waals surface area contributed by atoms with E-state index >= 15 is 0 Å². The van der Waals surface area contributed by atoms with Crippen LogP contribution < -0.4 is 0 Å². The molecule has 0 heterocycles. The second-order valence-corrected chi connectivity index (χ2v) is 19.6. The van der Waals surface area contributed by atoms with Crippen LogP contribution in [0.3, 0.4) is 0 Å². The van der Waals surface area contributed by atoms with Crippen LogP contribution in [0.5, 0.6) is 0 Å². The molecule has 0 bridgehead atoms. The Morgan fingerprint density at radius 3 is 0.783 bits per heavy atom. The number of nitrogens with zero attached hydrogens (tertiary/aromatic N) is 4. The molecule has 0 fully saturated rings. The van der Waals surface area contributed by atoms with Crippen LogP contribution in [0.25, 0.3) is 0 Å². The van der Waals surface area contributed by atoms with Gasteiger partial charge < -0.3 is 38.5 Å². The molecule has 0 aliphatic heterocycles. The van der Waals surface area contributed by atoms with Crippen LogP contribution in [-0.2, 0) is 38.1 Å². The van der Waals surface area contributed by atoms with Gasteiger partial charge in [0.15, 0.2) is 0 Å². The van der Waals surface area contributed by atoms with Crippen molar-refractivity contribution in [2.75, 3.05) is 105 Å². The zero-order chi connectivity index (χ0) is 50.7. The Balaban J connectivity index is 4.96. The van der Waals surface area contributed by atoms with E-state index in [-0.39, 0.29) is 23.9 Å². The Hall–Kier alpha value is -2.28. The molecule has 12 heteroatoms. The van der Waals surface area contributed by atoms with Crippen molar-refractivity contribution in [3.63, 3.8) is 0 Å². The average molecular weight is 982 g/mol. The van der Waals surface area contributed by atoms with E-state index < -0.39 is 0 Å². The Morgan fingerprint density at radius 2 is 0.522 bits per heavy atom. The van der Waals surface area contributed by atoms with Crippen LogP contribution in [0.15, 0.2) is 0 Å². The van der Waals surface area contributed by atoms with Gasteiger partial charge in [0.1, 0.15) is 0 Å². The summed E-state index contributed by atoms with van der Waals surface area (Å²) in [5.74, 6) is -0.732. The van der Waals surface area contributed by atoms with E-state index in [4.69, 9.17) is 18.9 Å². The molecule has 0 atom stereocenters. The second kappa shape index (κ2) is 52.1. The van der Waals surface area contributed by atoms with Crippen molar-refractivity contribution in [1.29, 1.82) is 0 Å². The van der Waals surface area contributed by atoms with Gasteiger partial charge in [0.2, 0.25) is 0 Å². The number of rotatable bonds is 54. The van der Waals surface area contributed by atoms with Gasteiger partial charge in [0.25, 0.3) is 0 Å². The molecule has 0 amide bonds. The van der Waals surface area contributed by atoms with Gasteiger partial charge in [0.05, 0.1) is 52.6 Å². The van der Waals surface area contributed by atoms with Gasteiger partial charge in [-0.2, -0.15) is 0 Å². The van der Waals surface area contributed by atoms with E-state index in [0.717, 1.165) is 97.3 Å². The largest absolute Gasteiger partial charge is 0.469 e. The van der Waals surface area contributed by atoms with Crippen molar-refractivity contribution >= 4 is 23.9 Å². The molecular formula is C57H112N4O8. The third-order valence-electron chi connectivity index (χ3n) is 13.6. The first-order chi connectivity index (χ1) is 33.7. The SMILES string of the molecule is CCCCCCCCCCCOC(=O)CCN(CCC(=O)OC)CCN(CC)CCCN(CC)CCN(CCC(=O)OCCCCCCCCCCC)CCC(=O)OCCCCCCCCCCC. The quantitative estimate of drug-likeness (QED) is 0.0328. The molecule has 0 N–H and O–H groups in total. The van der Waals surface area contributed by atoms with Gasteiger partial charge in [0, 0.05) is 52.4 Å². The number of methoxy groups -OCH3 is 1. The topological polar surface area (TPSA) is 118 Å². The van der Waals surface area contributed by atoms with Crippen LogP contribution in [-0.4, -0.2) is 149 Å². The fraction of sp³-hybridized carbons (Fsp3) is 0.930. The molecule has 0 aromatic heterocycles. The van der Waals surface area contributed by atoms with E-state index in [9.17, 15) is 19.2 Å². The summed E-state index contributed by atoms with van der Waals surface area (Å²) in [5.41, 5.74) is 0. The molecule has 12 nitrogen and oxygen atoms in total. The van der Waals surface area contributed by atoms with Gasteiger partial charge in [-0.25, -0.2) is 0 Å². The highest BCUT2D eigenvalue weighted by molar-refractivity contribution is 5.70. The molecule has 0 saturated heterocycles. The van der Waals surface area contributed by atoms with Crippen LogP contribution >= 0.6 is 0 Å². The normalized spacial score (nSPS) is 11.6. The molecule has 0 aliphatic rings. The minimum atomic E-state index is -0.243. The summed E-state index contributed by atoms with van der Waals surface area (Å²) in [6.45, 7) is 21.7. The zero-order valence-corrected chi connectivity index (χ0v) is 46.3. The van der Waals surface area contributed by atoms with Crippen LogP contribution in [0.1, 0.15) is 240 Å². The van der Waals surface area contributed by atoms with E-state index in [0.29, 0.717) is 71.7 Å². The molecule has 0 aromatic carbocycles. The number of likely N-dealkylation sites (N-methyl/N-ethyl adjacent to an activating group) is 2. The van der Waals surface area contributed by atoms with Gasteiger partial charge >= 0.3 is 23.9 Å². The van der Waals surface area contributed by atoms with E-state index in [1.807, 2.05) is 0 Å². The lowest BCUT2D eigenvalue weighted by Gasteiger charge is -2.29. The van der Waals surface area contributed by atoms with E-state index in [1.54, 1.807) is 0 Å². The lowest BCUT2D eigenvalue weighted by atomic mass is 10.1. The highest BCUT2D eigenvalue weighted by Crippen LogP contribution is 2.13. The van der Waals surface area contributed by atoms with Crippen molar-refractivity contribution in [3.05, 3.63) is 0 Å². The molecule has 0 aromatic rings. The fourth-order valence-electron chi connectivity index (χ4n) is 8.72.